The van der Waals surface area contributed by atoms with E-state index < -0.39 is 0 Å². The number of nitrogens with one attached hydrogen (secondary N) is 1. The highest BCUT2D eigenvalue weighted by atomic mass is 35.5. The topological polar surface area (TPSA) is 62.1 Å². The molecule has 0 saturated heterocycles. The summed E-state index contributed by atoms with van der Waals surface area (Å²) in [6.45, 7) is -0.156. The van der Waals surface area contributed by atoms with Crippen molar-refractivity contribution >= 4 is 34.8 Å². The molecule has 4 nitrogen and oxygen atoms in total. The van der Waals surface area contributed by atoms with E-state index in [1.165, 1.54) is 0 Å². The van der Waals surface area contributed by atoms with Crippen LogP contribution in [0.25, 0.3) is 0 Å². The number of halogens is 2. The second kappa shape index (κ2) is 7.69. The molecule has 1 amide bonds. The van der Waals surface area contributed by atoms with E-state index in [-0.39, 0.29) is 12.5 Å². The summed E-state index contributed by atoms with van der Waals surface area (Å²) in [6, 6.07) is 13.9. The predicted molar refractivity (Wildman–Crippen MR) is 86.3 cm³/mol. The van der Waals surface area contributed by atoms with Gasteiger partial charge >= 0.3 is 0 Å². The average molecular weight is 335 g/mol. The van der Waals surface area contributed by atoms with E-state index >= 15 is 0 Å². The van der Waals surface area contributed by atoms with Crippen molar-refractivity contribution in [1.29, 1.82) is 5.26 Å². The van der Waals surface area contributed by atoms with Gasteiger partial charge in [0.1, 0.15) is 5.75 Å². The quantitative estimate of drug-likeness (QED) is 0.896. The van der Waals surface area contributed by atoms with Crippen molar-refractivity contribution in [3.8, 4) is 11.8 Å². The molecule has 0 radical (unpaired) electrons. The van der Waals surface area contributed by atoms with Gasteiger partial charge in [-0.3, -0.25) is 4.79 Å². The Morgan fingerprint density at radius 2 is 1.77 bits per heavy atom. The normalized spacial score (nSPS) is 9.86. The van der Waals surface area contributed by atoms with Crippen molar-refractivity contribution in [2.24, 2.45) is 0 Å². The van der Waals surface area contributed by atoms with Gasteiger partial charge in [-0.05, 0) is 35.9 Å². The summed E-state index contributed by atoms with van der Waals surface area (Å²) < 4.78 is 5.34. The molecule has 0 unspecified atom stereocenters. The summed E-state index contributed by atoms with van der Waals surface area (Å²) in [5.74, 6) is 0.126. The monoisotopic (exact) mass is 334 g/mol. The third-order valence-corrected chi connectivity index (χ3v) is 3.16. The Kier molecular flexibility index (Phi) is 5.65. The first-order valence-electron chi connectivity index (χ1n) is 6.41. The summed E-state index contributed by atoms with van der Waals surface area (Å²) in [4.78, 5) is 11.8. The number of hydrogen-bond acceptors (Lipinski definition) is 3. The molecule has 0 bridgehead atoms. The molecule has 112 valence electrons. The lowest BCUT2D eigenvalue weighted by molar-refractivity contribution is -0.118. The minimum Gasteiger partial charge on any atom is -0.484 e. The molecular weight excluding hydrogens is 323 g/mol. The van der Waals surface area contributed by atoms with Crippen LogP contribution < -0.4 is 10.1 Å². The van der Waals surface area contributed by atoms with Crippen molar-refractivity contribution in [1.82, 2.24) is 0 Å². The molecule has 0 aliphatic rings. The van der Waals surface area contributed by atoms with Gasteiger partial charge in [-0.2, -0.15) is 5.26 Å². The molecule has 0 heterocycles. The fourth-order valence-electron chi connectivity index (χ4n) is 1.76. The lowest BCUT2D eigenvalue weighted by Gasteiger charge is -2.08. The van der Waals surface area contributed by atoms with Crippen LogP contribution in [0.2, 0.25) is 10.0 Å². The molecule has 2 aromatic rings. The molecular formula is C16H12Cl2N2O2. The number of nitriles is 1. The summed E-state index contributed by atoms with van der Waals surface area (Å²) in [6.07, 6.45) is 0.340. The zero-order valence-electron chi connectivity index (χ0n) is 11.5. The van der Waals surface area contributed by atoms with Crippen LogP contribution in [-0.2, 0) is 11.2 Å². The van der Waals surface area contributed by atoms with Crippen molar-refractivity contribution in [2.45, 2.75) is 6.42 Å². The first-order valence-corrected chi connectivity index (χ1v) is 7.17. The fourth-order valence-corrected chi connectivity index (χ4v) is 2.26. The Hall–Kier alpha value is -2.22. The Balaban J connectivity index is 1.88. The van der Waals surface area contributed by atoms with Gasteiger partial charge in [-0.1, -0.05) is 35.3 Å². The summed E-state index contributed by atoms with van der Waals surface area (Å²) >= 11 is 11.7. The maximum atomic E-state index is 11.8. The molecule has 2 aromatic carbocycles. The molecule has 0 spiro atoms. The molecule has 6 heteroatoms. The second-order valence-corrected chi connectivity index (χ2v) is 5.35. The molecule has 0 fully saturated rings. The standard InChI is InChI=1S/C16H12Cl2N2O2/c17-12-7-13(18)9-15(8-12)22-10-16(21)20-14-3-1-11(2-4-14)5-6-19/h1-4,7-9H,5,10H2,(H,20,21). The predicted octanol–water partition coefficient (Wildman–Crippen LogP) is 4.08. The van der Waals surface area contributed by atoms with Gasteiger partial charge in [0, 0.05) is 15.7 Å². The number of rotatable bonds is 5. The van der Waals surface area contributed by atoms with Crippen LogP contribution in [0, 0.1) is 11.3 Å². The van der Waals surface area contributed by atoms with Gasteiger partial charge in [0.05, 0.1) is 12.5 Å². The van der Waals surface area contributed by atoms with Crippen molar-refractivity contribution < 1.29 is 9.53 Å². The number of anilines is 1. The smallest absolute Gasteiger partial charge is 0.262 e. The number of nitrogens with zero attached hydrogens (tertiary/aromatic N) is 1. The van der Waals surface area contributed by atoms with E-state index in [0.29, 0.717) is 27.9 Å². The molecule has 2 rings (SSSR count). The van der Waals surface area contributed by atoms with Crippen LogP contribution in [0.4, 0.5) is 5.69 Å². The molecule has 0 saturated carbocycles. The molecule has 1 N–H and O–H groups in total. The lowest BCUT2D eigenvalue weighted by Crippen LogP contribution is -2.20. The largest absolute Gasteiger partial charge is 0.484 e. The SMILES string of the molecule is N#CCc1ccc(NC(=O)COc2cc(Cl)cc(Cl)c2)cc1. The Morgan fingerprint density at radius 1 is 1.14 bits per heavy atom. The van der Waals surface area contributed by atoms with Crippen molar-refractivity contribution in [2.75, 3.05) is 11.9 Å². The van der Waals surface area contributed by atoms with Gasteiger partial charge in [0.15, 0.2) is 6.61 Å². The minimum atomic E-state index is -0.302. The summed E-state index contributed by atoms with van der Waals surface area (Å²) in [5, 5.41) is 12.2. The van der Waals surface area contributed by atoms with Crippen LogP contribution >= 0.6 is 23.2 Å². The second-order valence-electron chi connectivity index (χ2n) is 4.47. The van der Waals surface area contributed by atoms with E-state index in [2.05, 4.69) is 11.4 Å². The van der Waals surface area contributed by atoms with Gasteiger partial charge < -0.3 is 10.1 Å². The molecule has 0 aliphatic heterocycles. The van der Waals surface area contributed by atoms with Crippen LogP contribution in [0.1, 0.15) is 5.56 Å². The molecule has 22 heavy (non-hydrogen) atoms. The third-order valence-electron chi connectivity index (χ3n) is 2.73. The zero-order valence-corrected chi connectivity index (χ0v) is 13.0. The summed E-state index contributed by atoms with van der Waals surface area (Å²) in [7, 11) is 0. The van der Waals surface area contributed by atoms with E-state index in [9.17, 15) is 4.79 Å². The van der Waals surface area contributed by atoms with Crippen LogP contribution in [0.3, 0.4) is 0 Å². The highest BCUT2D eigenvalue weighted by Gasteiger charge is 2.05. The number of benzene rings is 2. The molecule has 0 aliphatic carbocycles. The highest BCUT2D eigenvalue weighted by molar-refractivity contribution is 6.34. The van der Waals surface area contributed by atoms with Crippen molar-refractivity contribution in [3.63, 3.8) is 0 Å². The van der Waals surface area contributed by atoms with Gasteiger partial charge in [0.2, 0.25) is 0 Å². The van der Waals surface area contributed by atoms with E-state index in [1.807, 2.05) is 0 Å². The Morgan fingerprint density at radius 3 is 2.36 bits per heavy atom. The first-order chi connectivity index (χ1) is 10.6. The van der Waals surface area contributed by atoms with Crippen LogP contribution in [0.15, 0.2) is 42.5 Å². The summed E-state index contributed by atoms with van der Waals surface area (Å²) in [5.41, 5.74) is 1.53. The van der Waals surface area contributed by atoms with Gasteiger partial charge in [-0.25, -0.2) is 0 Å². The van der Waals surface area contributed by atoms with E-state index in [4.69, 9.17) is 33.2 Å². The van der Waals surface area contributed by atoms with E-state index in [0.717, 1.165) is 5.56 Å². The highest BCUT2D eigenvalue weighted by Crippen LogP contribution is 2.24. The lowest BCUT2D eigenvalue weighted by atomic mass is 10.1. The number of ether oxygens (including phenoxy) is 1. The molecule has 0 atom stereocenters. The number of carbonyl (C=O) groups is 1. The first kappa shape index (κ1) is 16.2. The number of hydrogen-bond donors (Lipinski definition) is 1. The van der Waals surface area contributed by atoms with Gasteiger partial charge in [-0.15, -0.1) is 0 Å². The Labute approximate surface area is 138 Å². The third kappa shape index (κ3) is 4.96. The fraction of sp³-hybridized carbons (Fsp3) is 0.125. The van der Waals surface area contributed by atoms with Crippen LogP contribution in [0.5, 0.6) is 5.75 Å². The molecule has 0 aromatic heterocycles. The van der Waals surface area contributed by atoms with Gasteiger partial charge in [0.25, 0.3) is 5.91 Å². The Bertz CT molecular complexity index is 689. The minimum absolute atomic E-state index is 0.156. The number of amides is 1. The van der Waals surface area contributed by atoms with Crippen molar-refractivity contribution in [3.05, 3.63) is 58.1 Å². The van der Waals surface area contributed by atoms with Crippen LogP contribution in [-0.4, -0.2) is 12.5 Å². The maximum Gasteiger partial charge on any atom is 0.262 e. The number of carbonyl (C=O) groups excluding carboxylic acids is 1. The van der Waals surface area contributed by atoms with E-state index in [1.54, 1.807) is 42.5 Å². The zero-order chi connectivity index (χ0) is 15.9. The average Bonchev–Trinajstić information content (AvgIpc) is 2.47. The maximum absolute atomic E-state index is 11.8.